The van der Waals surface area contributed by atoms with Gasteiger partial charge in [-0.1, -0.05) is 0 Å². The monoisotopic (exact) mass is 558 g/mol. The highest BCUT2D eigenvalue weighted by Gasteiger charge is 2.24. The number of hydrogen-bond acceptors (Lipinski definition) is 12. The first-order valence-corrected chi connectivity index (χ1v) is 13.7. The molecular formula is C24H42N6O9. The van der Waals surface area contributed by atoms with Crippen molar-refractivity contribution < 1.29 is 29.5 Å². The molecule has 1 aromatic heterocycles. The van der Waals surface area contributed by atoms with Gasteiger partial charge in [-0.25, -0.2) is 28.1 Å². The molecule has 15 nitrogen and oxygen atoms in total. The second kappa shape index (κ2) is 14.6. The Hall–Kier alpha value is -1.95. The van der Waals surface area contributed by atoms with E-state index < -0.39 is 35.4 Å². The van der Waals surface area contributed by atoms with E-state index in [2.05, 4.69) is 0 Å². The molecule has 3 unspecified atom stereocenters. The maximum Gasteiger partial charge on any atom is 0.336 e. The molecule has 0 spiro atoms. The lowest BCUT2D eigenvalue weighted by Gasteiger charge is -2.30. The van der Waals surface area contributed by atoms with Gasteiger partial charge in [0.15, 0.2) is 0 Å². The molecule has 4 rings (SSSR count). The van der Waals surface area contributed by atoms with Crippen LogP contribution in [0.4, 0.5) is 0 Å². The Labute approximate surface area is 226 Å². The van der Waals surface area contributed by atoms with Crippen molar-refractivity contribution in [3.63, 3.8) is 0 Å². The quantitative estimate of drug-likeness (QED) is 0.225. The summed E-state index contributed by atoms with van der Waals surface area (Å²) in [4.78, 5) is 46.0. The molecule has 3 atom stereocenters. The molecule has 15 heteroatoms. The van der Waals surface area contributed by atoms with E-state index in [1.54, 1.807) is 0 Å². The van der Waals surface area contributed by atoms with Crippen LogP contribution >= 0.6 is 0 Å². The van der Waals surface area contributed by atoms with Crippen LogP contribution in [0.15, 0.2) is 14.4 Å². The Morgan fingerprint density at radius 3 is 0.923 bits per heavy atom. The molecule has 0 aliphatic carbocycles. The highest BCUT2D eigenvalue weighted by atomic mass is 16.5. The summed E-state index contributed by atoms with van der Waals surface area (Å²) in [5.74, 6) is 0. The lowest BCUT2D eigenvalue weighted by molar-refractivity contribution is 0.00769. The van der Waals surface area contributed by atoms with E-state index in [9.17, 15) is 29.7 Å². The van der Waals surface area contributed by atoms with Crippen LogP contribution in [0.3, 0.4) is 0 Å². The van der Waals surface area contributed by atoms with Gasteiger partial charge in [-0.05, 0) is 0 Å². The average Bonchev–Trinajstić information content (AvgIpc) is 2.93. The van der Waals surface area contributed by atoms with Gasteiger partial charge in [0.2, 0.25) is 0 Å². The standard InChI is InChI=1S/C24H42N6O9/c31-19(13-25-1-7-37-8-2-25)16-28-22(34)29(17-20(32)14-26-3-9-38-10-4-26)24(36)30(23(28)35)18-21(33)15-27-5-11-39-12-6-27/h19-21,31-33H,1-18H2. The van der Waals surface area contributed by atoms with E-state index >= 15 is 0 Å². The van der Waals surface area contributed by atoms with Gasteiger partial charge >= 0.3 is 17.1 Å². The topological polar surface area (TPSA) is 164 Å². The van der Waals surface area contributed by atoms with Crippen molar-refractivity contribution in [2.24, 2.45) is 0 Å². The van der Waals surface area contributed by atoms with Crippen molar-refractivity contribution in [1.82, 2.24) is 28.4 Å². The van der Waals surface area contributed by atoms with Gasteiger partial charge in [-0.15, -0.1) is 0 Å². The largest absolute Gasteiger partial charge is 0.390 e. The minimum absolute atomic E-state index is 0.230. The SMILES string of the molecule is O=c1n(CC(O)CN2CCOCC2)c(=O)n(CC(O)CN2CCOCC2)c(=O)n1CC(O)CN1CCOCC1. The minimum Gasteiger partial charge on any atom is -0.390 e. The molecule has 0 amide bonds. The van der Waals surface area contributed by atoms with E-state index in [0.717, 1.165) is 13.7 Å². The second-order valence-corrected chi connectivity index (χ2v) is 10.4. The van der Waals surface area contributed by atoms with Crippen LogP contribution in [0.5, 0.6) is 0 Å². The van der Waals surface area contributed by atoms with Crippen molar-refractivity contribution in [3.8, 4) is 0 Å². The normalized spacial score (nSPS) is 22.5. The molecule has 39 heavy (non-hydrogen) atoms. The number of rotatable bonds is 12. The van der Waals surface area contributed by atoms with Crippen LogP contribution in [-0.4, -0.2) is 161 Å². The summed E-state index contributed by atoms with van der Waals surface area (Å²) in [6.45, 7) is 6.65. The number of ether oxygens (including phenoxy) is 3. The predicted octanol–water partition coefficient (Wildman–Crippen LogP) is -4.75. The van der Waals surface area contributed by atoms with Crippen molar-refractivity contribution in [1.29, 1.82) is 0 Å². The Balaban J connectivity index is 1.56. The summed E-state index contributed by atoms with van der Waals surface area (Å²) in [6, 6.07) is 0. The molecule has 222 valence electrons. The molecule has 0 saturated carbocycles. The summed E-state index contributed by atoms with van der Waals surface area (Å²) in [6.07, 6.45) is -3.15. The van der Waals surface area contributed by atoms with E-state index in [4.69, 9.17) is 14.2 Å². The van der Waals surface area contributed by atoms with Crippen LogP contribution in [0.25, 0.3) is 0 Å². The first kappa shape index (κ1) is 30.0. The van der Waals surface area contributed by atoms with Crippen molar-refractivity contribution in [3.05, 3.63) is 31.5 Å². The number of aromatic nitrogens is 3. The van der Waals surface area contributed by atoms with Crippen LogP contribution in [0, 0.1) is 0 Å². The fourth-order valence-corrected chi connectivity index (χ4v) is 5.20. The lowest BCUT2D eigenvalue weighted by Crippen LogP contribution is -2.58. The molecule has 3 fully saturated rings. The lowest BCUT2D eigenvalue weighted by atomic mass is 10.3. The highest BCUT2D eigenvalue weighted by molar-refractivity contribution is 4.84. The van der Waals surface area contributed by atoms with Crippen molar-refractivity contribution in [2.75, 3.05) is 98.5 Å². The van der Waals surface area contributed by atoms with Crippen LogP contribution < -0.4 is 17.1 Å². The maximum absolute atomic E-state index is 13.4. The van der Waals surface area contributed by atoms with E-state index in [1.807, 2.05) is 14.7 Å². The highest BCUT2D eigenvalue weighted by Crippen LogP contribution is 2.02. The molecule has 3 saturated heterocycles. The van der Waals surface area contributed by atoms with E-state index in [1.165, 1.54) is 0 Å². The Morgan fingerprint density at radius 2 is 0.692 bits per heavy atom. The van der Waals surface area contributed by atoms with Gasteiger partial charge in [-0.2, -0.15) is 0 Å². The van der Waals surface area contributed by atoms with Crippen LogP contribution in [0.1, 0.15) is 0 Å². The molecule has 3 aliphatic rings. The molecule has 3 N–H and O–H groups in total. The molecule has 3 aliphatic heterocycles. The summed E-state index contributed by atoms with van der Waals surface area (Å²) in [5, 5.41) is 32.2. The zero-order valence-corrected chi connectivity index (χ0v) is 22.4. The van der Waals surface area contributed by atoms with Crippen LogP contribution in [0.2, 0.25) is 0 Å². The molecule has 1 aromatic rings. The predicted molar refractivity (Wildman–Crippen MR) is 139 cm³/mol. The van der Waals surface area contributed by atoms with E-state index in [-0.39, 0.29) is 39.3 Å². The van der Waals surface area contributed by atoms with Crippen molar-refractivity contribution in [2.45, 2.75) is 37.9 Å². The van der Waals surface area contributed by atoms with Gasteiger partial charge in [0, 0.05) is 58.9 Å². The van der Waals surface area contributed by atoms with Gasteiger partial charge in [0.1, 0.15) is 0 Å². The average molecular weight is 559 g/mol. The third-order valence-electron chi connectivity index (χ3n) is 7.28. The van der Waals surface area contributed by atoms with Gasteiger partial charge in [0.25, 0.3) is 0 Å². The Kier molecular flexibility index (Phi) is 11.2. The summed E-state index contributed by atoms with van der Waals surface area (Å²) in [7, 11) is 0. The van der Waals surface area contributed by atoms with Crippen LogP contribution in [-0.2, 0) is 33.8 Å². The fraction of sp³-hybridized carbons (Fsp3) is 0.875. The molecular weight excluding hydrogens is 516 g/mol. The summed E-state index contributed by atoms with van der Waals surface area (Å²) < 4.78 is 18.5. The zero-order valence-electron chi connectivity index (χ0n) is 22.4. The van der Waals surface area contributed by atoms with Crippen molar-refractivity contribution >= 4 is 0 Å². The molecule has 0 radical (unpaired) electrons. The first-order chi connectivity index (χ1) is 18.8. The number of hydrogen-bond donors (Lipinski definition) is 3. The Bertz CT molecular complexity index is 910. The third-order valence-corrected chi connectivity index (χ3v) is 7.28. The number of β-amino-alcohol motifs (C(OH)–C–C–N with tert-alkyl or cyclic N) is 3. The smallest absolute Gasteiger partial charge is 0.336 e. The molecule has 0 bridgehead atoms. The molecule has 4 heterocycles. The third kappa shape index (κ3) is 8.52. The maximum atomic E-state index is 13.4. The number of morpholine rings is 3. The fourth-order valence-electron chi connectivity index (χ4n) is 5.20. The number of aliphatic hydroxyl groups excluding tert-OH is 3. The summed E-state index contributed by atoms with van der Waals surface area (Å²) >= 11 is 0. The number of aliphatic hydroxyl groups is 3. The van der Waals surface area contributed by atoms with E-state index in [0.29, 0.717) is 78.9 Å². The zero-order chi connectivity index (χ0) is 27.8. The summed E-state index contributed by atoms with van der Waals surface area (Å²) in [5.41, 5.74) is -2.69. The second-order valence-electron chi connectivity index (χ2n) is 10.4. The molecule has 0 aromatic carbocycles. The Morgan fingerprint density at radius 1 is 0.462 bits per heavy atom. The van der Waals surface area contributed by atoms with Gasteiger partial charge in [-0.3, -0.25) is 14.7 Å². The van der Waals surface area contributed by atoms with Gasteiger partial charge < -0.3 is 29.5 Å². The minimum atomic E-state index is -1.05. The first-order valence-electron chi connectivity index (χ1n) is 13.7. The van der Waals surface area contributed by atoms with Gasteiger partial charge in [0.05, 0.1) is 77.6 Å². The number of nitrogens with zero attached hydrogens (tertiary/aromatic N) is 6.